The van der Waals surface area contributed by atoms with Crippen LogP contribution in [-0.2, 0) is 14.8 Å². The largest absolute Gasteiger partial charge is 0.497 e. The van der Waals surface area contributed by atoms with Crippen molar-refractivity contribution in [1.29, 1.82) is 0 Å². The first-order valence-electron chi connectivity index (χ1n) is 11.5. The number of anilines is 1. The third-order valence-corrected chi connectivity index (χ3v) is 7.77. The SMILES string of the molecule is COc1ccc2c(c1)OC(C)(C)CC2NC(=O)CN(c1ccc([N+](=O)[O-])cc1)S(=O)(=O)c1ccccc1. The Kier molecular flexibility index (Phi) is 7.08. The van der Waals surface area contributed by atoms with E-state index in [1.165, 1.54) is 36.4 Å². The molecule has 3 aromatic carbocycles. The molecule has 0 radical (unpaired) electrons. The third-order valence-electron chi connectivity index (χ3n) is 5.98. The quantitative estimate of drug-likeness (QED) is 0.344. The Morgan fingerprint density at radius 3 is 2.43 bits per heavy atom. The van der Waals surface area contributed by atoms with Gasteiger partial charge in [-0.25, -0.2) is 8.42 Å². The minimum atomic E-state index is -4.15. The van der Waals surface area contributed by atoms with Crippen LogP contribution in [0.25, 0.3) is 0 Å². The Bertz CT molecular complexity index is 1410. The number of non-ortho nitro benzene ring substituents is 1. The number of amides is 1. The van der Waals surface area contributed by atoms with Gasteiger partial charge in [0.1, 0.15) is 23.6 Å². The van der Waals surface area contributed by atoms with Gasteiger partial charge in [-0.1, -0.05) is 18.2 Å². The van der Waals surface area contributed by atoms with Gasteiger partial charge in [-0.05, 0) is 50.2 Å². The second kappa shape index (κ2) is 10.1. The van der Waals surface area contributed by atoms with Gasteiger partial charge in [0.15, 0.2) is 0 Å². The lowest BCUT2D eigenvalue weighted by molar-refractivity contribution is -0.384. The number of rotatable bonds is 8. The molecule has 1 heterocycles. The molecule has 11 heteroatoms. The molecular weight excluding hydrogens is 498 g/mol. The number of fused-ring (bicyclic) bond motifs is 1. The minimum Gasteiger partial charge on any atom is -0.497 e. The molecule has 0 saturated carbocycles. The van der Waals surface area contributed by atoms with E-state index in [-0.39, 0.29) is 16.3 Å². The number of methoxy groups -OCH3 is 1. The molecule has 0 fully saturated rings. The van der Waals surface area contributed by atoms with E-state index in [4.69, 9.17) is 9.47 Å². The van der Waals surface area contributed by atoms with Gasteiger partial charge in [0, 0.05) is 30.2 Å². The fourth-order valence-electron chi connectivity index (χ4n) is 4.23. The molecule has 194 valence electrons. The summed E-state index contributed by atoms with van der Waals surface area (Å²) < 4.78 is 39.4. The van der Waals surface area contributed by atoms with E-state index in [1.807, 2.05) is 19.9 Å². The van der Waals surface area contributed by atoms with Gasteiger partial charge in [-0.2, -0.15) is 0 Å². The third kappa shape index (κ3) is 5.67. The highest BCUT2D eigenvalue weighted by Crippen LogP contribution is 2.41. The molecule has 0 aromatic heterocycles. The number of hydrogen-bond donors (Lipinski definition) is 1. The highest BCUT2D eigenvalue weighted by molar-refractivity contribution is 7.92. The van der Waals surface area contributed by atoms with Crippen LogP contribution in [0.1, 0.15) is 31.9 Å². The number of ether oxygens (including phenoxy) is 2. The zero-order valence-corrected chi connectivity index (χ0v) is 21.4. The standard InChI is InChI=1S/C26H27N3O7S/c1-26(2)16-23(22-14-13-20(35-3)15-24(22)36-26)27-25(30)17-28(18-9-11-19(12-10-18)29(31)32)37(33,34)21-7-5-4-6-8-21/h4-15,23H,16-17H2,1-3H3,(H,27,30). The Labute approximate surface area is 215 Å². The summed E-state index contributed by atoms with van der Waals surface area (Å²) in [6, 6.07) is 17.6. The van der Waals surface area contributed by atoms with E-state index in [0.717, 1.165) is 9.87 Å². The van der Waals surface area contributed by atoms with E-state index >= 15 is 0 Å². The van der Waals surface area contributed by atoms with Crippen LogP contribution in [-0.4, -0.2) is 38.5 Å². The Morgan fingerprint density at radius 2 is 1.81 bits per heavy atom. The van der Waals surface area contributed by atoms with Crippen LogP contribution in [0.4, 0.5) is 11.4 Å². The van der Waals surface area contributed by atoms with Crippen LogP contribution in [0.15, 0.2) is 77.7 Å². The van der Waals surface area contributed by atoms with E-state index < -0.39 is 39.0 Å². The zero-order chi connectivity index (χ0) is 26.8. The van der Waals surface area contributed by atoms with E-state index in [0.29, 0.717) is 17.9 Å². The lowest BCUT2D eigenvalue weighted by Crippen LogP contribution is -2.45. The van der Waals surface area contributed by atoms with Gasteiger partial charge in [0.2, 0.25) is 5.91 Å². The molecule has 0 bridgehead atoms. The maximum absolute atomic E-state index is 13.5. The lowest BCUT2D eigenvalue weighted by atomic mass is 9.89. The molecule has 3 aromatic rings. The summed E-state index contributed by atoms with van der Waals surface area (Å²) in [5.74, 6) is 0.646. The smallest absolute Gasteiger partial charge is 0.269 e. The molecule has 1 atom stereocenters. The average Bonchev–Trinajstić information content (AvgIpc) is 2.86. The van der Waals surface area contributed by atoms with Crippen molar-refractivity contribution in [2.24, 2.45) is 0 Å². The van der Waals surface area contributed by atoms with Crippen molar-refractivity contribution in [3.63, 3.8) is 0 Å². The predicted octanol–water partition coefficient (Wildman–Crippen LogP) is 4.22. The summed E-state index contributed by atoms with van der Waals surface area (Å²) in [6.45, 7) is 3.27. The van der Waals surface area contributed by atoms with Gasteiger partial charge in [0.05, 0.1) is 28.7 Å². The van der Waals surface area contributed by atoms with Crippen molar-refractivity contribution in [2.45, 2.75) is 36.8 Å². The van der Waals surface area contributed by atoms with Gasteiger partial charge >= 0.3 is 0 Å². The molecule has 1 aliphatic heterocycles. The molecule has 1 amide bonds. The molecule has 4 rings (SSSR count). The van der Waals surface area contributed by atoms with Crippen molar-refractivity contribution in [2.75, 3.05) is 18.0 Å². The Hall–Kier alpha value is -4.12. The van der Waals surface area contributed by atoms with Gasteiger partial charge < -0.3 is 14.8 Å². The van der Waals surface area contributed by atoms with Crippen molar-refractivity contribution in [1.82, 2.24) is 5.32 Å². The first kappa shape index (κ1) is 26.0. The normalized spacial score (nSPS) is 16.1. The number of nitrogens with one attached hydrogen (secondary N) is 1. The summed E-state index contributed by atoms with van der Waals surface area (Å²) >= 11 is 0. The number of carbonyl (C=O) groups excluding carboxylic acids is 1. The Morgan fingerprint density at radius 1 is 1.14 bits per heavy atom. The second-order valence-electron chi connectivity index (χ2n) is 9.19. The first-order valence-corrected chi connectivity index (χ1v) is 12.9. The van der Waals surface area contributed by atoms with E-state index in [2.05, 4.69) is 5.32 Å². The van der Waals surface area contributed by atoms with Crippen molar-refractivity contribution < 1.29 is 27.6 Å². The Balaban J connectivity index is 1.65. The van der Waals surface area contributed by atoms with Crippen molar-refractivity contribution in [3.8, 4) is 11.5 Å². The van der Waals surface area contributed by atoms with Crippen LogP contribution in [0.3, 0.4) is 0 Å². The highest BCUT2D eigenvalue weighted by Gasteiger charge is 2.36. The van der Waals surface area contributed by atoms with Crippen molar-refractivity contribution in [3.05, 3.63) is 88.5 Å². The van der Waals surface area contributed by atoms with Gasteiger partial charge in [-0.3, -0.25) is 19.2 Å². The fourth-order valence-corrected chi connectivity index (χ4v) is 5.68. The second-order valence-corrected chi connectivity index (χ2v) is 11.1. The molecule has 0 saturated heterocycles. The van der Waals surface area contributed by atoms with Crippen LogP contribution >= 0.6 is 0 Å². The minimum absolute atomic E-state index is 0.00852. The number of hydrogen-bond acceptors (Lipinski definition) is 7. The number of sulfonamides is 1. The summed E-state index contributed by atoms with van der Waals surface area (Å²) in [5.41, 5.74) is 0.0935. The molecule has 37 heavy (non-hydrogen) atoms. The van der Waals surface area contributed by atoms with Crippen LogP contribution in [0.5, 0.6) is 11.5 Å². The topological polar surface area (TPSA) is 128 Å². The molecular formula is C26H27N3O7S. The van der Waals surface area contributed by atoms with Crippen molar-refractivity contribution >= 4 is 27.3 Å². The summed E-state index contributed by atoms with van der Waals surface area (Å²) in [6.07, 6.45) is 0.459. The van der Waals surface area contributed by atoms with Crippen LogP contribution in [0.2, 0.25) is 0 Å². The van der Waals surface area contributed by atoms with Crippen LogP contribution < -0.4 is 19.1 Å². The number of nitro benzene ring substituents is 1. The molecule has 1 aliphatic rings. The fraction of sp³-hybridized carbons (Fsp3) is 0.269. The van der Waals surface area contributed by atoms with Crippen LogP contribution in [0, 0.1) is 10.1 Å². The zero-order valence-electron chi connectivity index (χ0n) is 20.6. The maximum atomic E-state index is 13.5. The van der Waals surface area contributed by atoms with E-state index in [1.54, 1.807) is 37.4 Å². The maximum Gasteiger partial charge on any atom is 0.269 e. The number of nitrogens with zero attached hydrogens (tertiary/aromatic N) is 2. The first-order chi connectivity index (χ1) is 17.5. The van der Waals surface area contributed by atoms with Gasteiger partial charge in [-0.15, -0.1) is 0 Å². The lowest BCUT2D eigenvalue weighted by Gasteiger charge is -2.38. The summed E-state index contributed by atoms with van der Waals surface area (Å²) in [5, 5.41) is 14.0. The average molecular weight is 526 g/mol. The molecule has 1 unspecified atom stereocenters. The molecule has 1 N–H and O–H groups in total. The number of benzene rings is 3. The molecule has 0 spiro atoms. The highest BCUT2D eigenvalue weighted by atomic mass is 32.2. The predicted molar refractivity (Wildman–Crippen MR) is 137 cm³/mol. The summed E-state index contributed by atoms with van der Waals surface area (Å²) in [4.78, 5) is 23.8. The van der Waals surface area contributed by atoms with Gasteiger partial charge in [0.25, 0.3) is 15.7 Å². The number of carbonyl (C=O) groups is 1. The molecule has 10 nitrogen and oxygen atoms in total. The van der Waals surface area contributed by atoms with E-state index in [9.17, 15) is 23.3 Å². The molecule has 0 aliphatic carbocycles. The monoisotopic (exact) mass is 525 g/mol. The summed E-state index contributed by atoms with van der Waals surface area (Å²) in [7, 11) is -2.60. The number of nitro groups is 1.